The number of carbonyl (C=O) groups is 2. The van der Waals surface area contributed by atoms with Gasteiger partial charge >= 0.3 is 6.09 Å². The summed E-state index contributed by atoms with van der Waals surface area (Å²) >= 11 is 0. The summed E-state index contributed by atoms with van der Waals surface area (Å²) in [6.07, 6.45) is 2.50. The number of hydrogen-bond donors (Lipinski definition) is 2. The minimum absolute atomic E-state index is 0.00778. The fourth-order valence-electron chi connectivity index (χ4n) is 3.63. The molecule has 1 rings (SSSR count). The van der Waals surface area contributed by atoms with E-state index < -0.39 is 0 Å². The topological polar surface area (TPSA) is 67.4 Å². The molecule has 0 spiro atoms. The van der Waals surface area contributed by atoms with Gasteiger partial charge in [-0.2, -0.15) is 0 Å². The van der Waals surface area contributed by atoms with Crippen molar-refractivity contribution in [1.29, 1.82) is 0 Å². The summed E-state index contributed by atoms with van der Waals surface area (Å²) in [6.45, 7) is 10.9. The zero-order valence-corrected chi connectivity index (χ0v) is 13.3. The summed E-state index contributed by atoms with van der Waals surface area (Å²) in [7, 11) is 0. The second-order valence-corrected chi connectivity index (χ2v) is 7.03. The number of ether oxygens (including phenoxy) is 1. The SMILES string of the molecule is CCOC(=O)NCC1(C)CC(NC(C)=O)CC(C)(C)C1. The summed E-state index contributed by atoms with van der Waals surface area (Å²) < 4.78 is 4.90. The number of amides is 2. The van der Waals surface area contributed by atoms with Crippen LogP contribution in [0.25, 0.3) is 0 Å². The van der Waals surface area contributed by atoms with Crippen molar-refractivity contribution in [3.63, 3.8) is 0 Å². The summed E-state index contributed by atoms with van der Waals surface area (Å²) in [5, 5.41) is 5.85. The molecule has 5 nitrogen and oxygen atoms in total. The molecule has 0 aliphatic heterocycles. The van der Waals surface area contributed by atoms with Crippen molar-refractivity contribution in [2.24, 2.45) is 10.8 Å². The Bertz CT molecular complexity index is 368. The number of hydrogen-bond acceptors (Lipinski definition) is 3. The Kier molecular flexibility index (Phi) is 5.42. The van der Waals surface area contributed by atoms with Crippen LogP contribution in [-0.2, 0) is 9.53 Å². The van der Waals surface area contributed by atoms with E-state index in [2.05, 4.69) is 31.4 Å². The molecule has 2 amide bonds. The number of rotatable bonds is 4. The van der Waals surface area contributed by atoms with Crippen molar-refractivity contribution in [3.05, 3.63) is 0 Å². The van der Waals surface area contributed by atoms with Crippen molar-refractivity contribution in [3.8, 4) is 0 Å². The normalized spacial score (nSPS) is 28.6. The molecule has 2 unspecified atom stereocenters. The molecule has 20 heavy (non-hydrogen) atoms. The molecule has 1 fully saturated rings. The second kappa shape index (κ2) is 6.46. The summed E-state index contributed by atoms with van der Waals surface area (Å²) in [6, 6.07) is 0.172. The summed E-state index contributed by atoms with van der Waals surface area (Å²) in [5.41, 5.74) is 0.123. The first-order chi connectivity index (χ1) is 9.16. The van der Waals surface area contributed by atoms with Crippen LogP contribution in [0.4, 0.5) is 4.79 Å². The first-order valence-corrected chi connectivity index (χ1v) is 7.33. The lowest BCUT2D eigenvalue weighted by Crippen LogP contribution is -2.50. The molecule has 0 radical (unpaired) electrons. The molecule has 0 heterocycles. The maximum Gasteiger partial charge on any atom is 0.407 e. The molecule has 1 aliphatic rings. The number of alkyl carbamates (subject to hydrolysis) is 1. The fraction of sp³-hybridized carbons (Fsp3) is 0.867. The molecule has 2 N–H and O–H groups in total. The predicted molar refractivity (Wildman–Crippen MR) is 78.4 cm³/mol. The van der Waals surface area contributed by atoms with Gasteiger partial charge in [-0.25, -0.2) is 4.79 Å². The van der Waals surface area contributed by atoms with Gasteiger partial charge in [-0.05, 0) is 37.0 Å². The molecule has 116 valence electrons. The highest BCUT2D eigenvalue weighted by atomic mass is 16.5. The maximum absolute atomic E-state index is 11.4. The van der Waals surface area contributed by atoms with Gasteiger partial charge in [-0.15, -0.1) is 0 Å². The zero-order chi connectivity index (χ0) is 15.4. The highest BCUT2D eigenvalue weighted by Crippen LogP contribution is 2.45. The van der Waals surface area contributed by atoms with Gasteiger partial charge in [0.05, 0.1) is 6.61 Å². The smallest absolute Gasteiger partial charge is 0.407 e. The van der Waals surface area contributed by atoms with E-state index in [0.29, 0.717) is 13.2 Å². The highest BCUT2D eigenvalue weighted by molar-refractivity contribution is 5.73. The Balaban J connectivity index is 2.65. The largest absolute Gasteiger partial charge is 0.450 e. The van der Waals surface area contributed by atoms with E-state index in [-0.39, 0.29) is 28.9 Å². The van der Waals surface area contributed by atoms with E-state index in [1.54, 1.807) is 13.8 Å². The Morgan fingerprint density at radius 1 is 1.25 bits per heavy atom. The first kappa shape index (κ1) is 16.8. The Hall–Kier alpha value is -1.26. The molecule has 0 bridgehead atoms. The lowest BCUT2D eigenvalue weighted by molar-refractivity contribution is -0.120. The third kappa shape index (κ3) is 5.39. The van der Waals surface area contributed by atoms with Crippen LogP contribution in [0.2, 0.25) is 0 Å². The molecule has 1 saturated carbocycles. The monoisotopic (exact) mass is 284 g/mol. The van der Waals surface area contributed by atoms with E-state index in [4.69, 9.17) is 4.74 Å². The first-order valence-electron chi connectivity index (χ1n) is 7.33. The van der Waals surface area contributed by atoms with Crippen LogP contribution >= 0.6 is 0 Å². The average molecular weight is 284 g/mol. The van der Waals surface area contributed by atoms with Gasteiger partial charge in [0.15, 0.2) is 0 Å². The molecule has 0 saturated heterocycles. The molecule has 2 atom stereocenters. The zero-order valence-electron chi connectivity index (χ0n) is 13.3. The third-order valence-electron chi connectivity index (χ3n) is 3.79. The molecule has 5 heteroatoms. The lowest BCUT2D eigenvalue weighted by Gasteiger charge is -2.46. The van der Waals surface area contributed by atoms with Gasteiger partial charge in [0.1, 0.15) is 0 Å². The maximum atomic E-state index is 11.4. The average Bonchev–Trinajstić information content (AvgIpc) is 2.23. The van der Waals surface area contributed by atoms with Gasteiger partial charge in [0, 0.05) is 19.5 Å². The van der Waals surface area contributed by atoms with Gasteiger partial charge in [-0.3, -0.25) is 4.79 Å². The van der Waals surface area contributed by atoms with Crippen LogP contribution in [0.15, 0.2) is 0 Å². The van der Waals surface area contributed by atoms with E-state index in [9.17, 15) is 9.59 Å². The quantitative estimate of drug-likeness (QED) is 0.833. The summed E-state index contributed by atoms with van der Waals surface area (Å²) in [5.74, 6) is 0.00778. The molecule has 0 aromatic rings. The molecular weight excluding hydrogens is 256 g/mol. The van der Waals surface area contributed by atoms with E-state index in [1.807, 2.05) is 0 Å². The van der Waals surface area contributed by atoms with Crippen LogP contribution in [0.5, 0.6) is 0 Å². The molecule has 1 aliphatic carbocycles. The molecule has 0 aromatic heterocycles. The number of nitrogens with one attached hydrogen (secondary N) is 2. The fourth-order valence-corrected chi connectivity index (χ4v) is 3.63. The van der Waals surface area contributed by atoms with E-state index >= 15 is 0 Å². The molecule has 0 aromatic carbocycles. The van der Waals surface area contributed by atoms with Gasteiger partial charge in [-0.1, -0.05) is 20.8 Å². The Morgan fingerprint density at radius 3 is 2.45 bits per heavy atom. The minimum Gasteiger partial charge on any atom is -0.450 e. The van der Waals surface area contributed by atoms with Gasteiger partial charge in [0.2, 0.25) is 5.91 Å². The van der Waals surface area contributed by atoms with Crippen LogP contribution in [0.1, 0.15) is 53.9 Å². The molecular formula is C15H28N2O3. The number of carbonyl (C=O) groups excluding carboxylic acids is 2. The summed E-state index contributed by atoms with van der Waals surface area (Å²) in [4.78, 5) is 22.7. The Morgan fingerprint density at radius 2 is 1.90 bits per heavy atom. The highest BCUT2D eigenvalue weighted by Gasteiger charge is 2.41. The Labute approximate surface area is 121 Å². The second-order valence-electron chi connectivity index (χ2n) is 7.03. The predicted octanol–water partition coefficient (Wildman–Crippen LogP) is 2.45. The van der Waals surface area contributed by atoms with Crippen molar-refractivity contribution < 1.29 is 14.3 Å². The van der Waals surface area contributed by atoms with E-state index in [0.717, 1.165) is 19.3 Å². The van der Waals surface area contributed by atoms with Crippen molar-refractivity contribution in [1.82, 2.24) is 10.6 Å². The van der Waals surface area contributed by atoms with Gasteiger partial charge < -0.3 is 15.4 Å². The van der Waals surface area contributed by atoms with Gasteiger partial charge in [0.25, 0.3) is 0 Å². The van der Waals surface area contributed by atoms with Crippen LogP contribution in [0.3, 0.4) is 0 Å². The van der Waals surface area contributed by atoms with Crippen molar-refractivity contribution in [2.45, 2.75) is 59.9 Å². The van der Waals surface area contributed by atoms with Crippen molar-refractivity contribution in [2.75, 3.05) is 13.2 Å². The van der Waals surface area contributed by atoms with Crippen LogP contribution in [-0.4, -0.2) is 31.2 Å². The van der Waals surface area contributed by atoms with Crippen LogP contribution < -0.4 is 10.6 Å². The van der Waals surface area contributed by atoms with E-state index in [1.165, 1.54) is 0 Å². The standard InChI is InChI=1S/C15H28N2O3/c1-6-20-13(19)16-10-15(5)8-12(17-11(2)18)7-14(3,4)9-15/h12H,6-10H2,1-5H3,(H,16,19)(H,17,18). The van der Waals surface area contributed by atoms with Crippen molar-refractivity contribution >= 4 is 12.0 Å². The van der Waals surface area contributed by atoms with Crippen LogP contribution in [0, 0.1) is 10.8 Å². The third-order valence-corrected chi connectivity index (χ3v) is 3.79. The minimum atomic E-state index is -0.367. The lowest BCUT2D eigenvalue weighted by atomic mass is 9.62.